The molecule has 2 atom stereocenters. The van der Waals surface area contributed by atoms with Crippen LogP contribution >= 0.6 is 24.8 Å². The first-order valence-corrected chi connectivity index (χ1v) is 20.4. The molecule has 18 heteroatoms. The molecule has 0 saturated heterocycles. The Bertz CT molecular complexity index is 1930. The minimum atomic E-state index is -1.47. The summed E-state index contributed by atoms with van der Waals surface area (Å²) in [5, 5.41) is 5.03. The predicted molar refractivity (Wildman–Crippen MR) is 245 cm³/mol. The number of amides is 4. The molecule has 4 amide bonds. The average Bonchev–Trinajstić information content (AvgIpc) is 3.27. The van der Waals surface area contributed by atoms with Gasteiger partial charge in [-0.25, -0.2) is 9.59 Å². The number of nitrogens with zero attached hydrogens (tertiary/aromatic N) is 2. The van der Waals surface area contributed by atoms with Crippen molar-refractivity contribution in [2.75, 3.05) is 39.4 Å². The molecule has 2 unspecified atom stereocenters. The maximum atomic E-state index is 13.7. The van der Waals surface area contributed by atoms with Gasteiger partial charge in [0, 0.05) is 50.1 Å². The number of carbonyl (C=O) groups is 6. The van der Waals surface area contributed by atoms with Crippen molar-refractivity contribution < 1.29 is 47.7 Å². The second kappa shape index (κ2) is 30.7. The van der Waals surface area contributed by atoms with E-state index in [0.29, 0.717) is 37.1 Å². The number of aryl methyl sites for hydroxylation is 2. The van der Waals surface area contributed by atoms with Gasteiger partial charge in [-0.1, -0.05) is 60.4 Å². The van der Waals surface area contributed by atoms with Crippen LogP contribution in [-0.2, 0) is 64.1 Å². The van der Waals surface area contributed by atoms with Crippen LogP contribution in [0.1, 0.15) is 73.9 Å². The summed E-state index contributed by atoms with van der Waals surface area (Å²) >= 11 is 0. The Morgan fingerprint density at radius 2 is 0.875 bits per heavy atom. The number of rotatable bonds is 20. The molecule has 0 radical (unpaired) electrons. The molecule has 3 rings (SSSR count). The molecular weight excluding hydrogens is 867 g/mol. The zero-order valence-corrected chi connectivity index (χ0v) is 38.1. The molecular formula is C46H58Cl2N6O10. The highest BCUT2D eigenvalue weighted by atomic mass is 35.5. The maximum absolute atomic E-state index is 13.7. The largest absolute Gasteiger partial charge is 0.465 e. The van der Waals surface area contributed by atoms with Crippen molar-refractivity contribution in [3.63, 3.8) is 0 Å². The van der Waals surface area contributed by atoms with E-state index in [0.717, 1.165) is 32.1 Å². The molecule has 16 nitrogen and oxygen atoms in total. The van der Waals surface area contributed by atoms with Crippen molar-refractivity contribution in [1.29, 1.82) is 0 Å². The summed E-state index contributed by atoms with van der Waals surface area (Å²) in [6.45, 7) is 6.96. The molecule has 0 aliphatic carbocycles. The minimum Gasteiger partial charge on any atom is -0.465 e. The molecule has 346 valence electrons. The van der Waals surface area contributed by atoms with Crippen LogP contribution in [0.4, 0.5) is 9.59 Å². The van der Waals surface area contributed by atoms with Gasteiger partial charge in [0.15, 0.2) is 0 Å². The topological polar surface area (TPSA) is 222 Å². The Morgan fingerprint density at radius 3 is 1.17 bits per heavy atom. The van der Waals surface area contributed by atoms with E-state index >= 15 is 0 Å². The van der Waals surface area contributed by atoms with Gasteiger partial charge in [-0.15, -0.1) is 24.8 Å². The first-order valence-electron chi connectivity index (χ1n) is 20.4. The third-order valence-corrected chi connectivity index (χ3v) is 8.83. The molecule has 0 aliphatic heterocycles. The fourth-order valence-corrected chi connectivity index (χ4v) is 5.61. The van der Waals surface area contributed by atoms with Crippen molar-refractivity contribution in [3.8, 4) is 23.7 Å². The summed E-state index contributed by atoms with van der Waals surface area (Å²) < 4.78 is 21.3. The Balaban J connectivity index is 0.0000102. The molecule has 3 aromatic rings. The van der Waals surface area contributed by atoms with E-state index in [-0.39, 0.29) is 64.0 Å². The molecule has 0 saturated carbocycles. The van der Waals surface area contributed by atoms with Crippen LogP contribution in [-0.4, -0.2) is 97.6 Å². The standard InChI is InChI=1S/C46H56N6O10.2ClH/c1-5-49-45(57)61-41(51(31-43(55)59-7-3)39(53)25-21-33-13-17-37(29-47)18-14-33)27-23-35-9-11-36(12-10-35)24-28-42(62-46(58)50-6-2)52(32-44(56)60-8-4)40(54)26-22-34-15-19-38(30-48)20-16-34;;/h9-20,41-42H,5-8,21-22,25-26,29-32,47-48H2,1-4H3,(H,49,57)(H,50,58);2*1H. The monoisotopic (exact) mass is 924 g/mol. The highest BCUT2D eigenvalue weighted by Gasteiger charge is 2.30. The second-order valence-electron chi connectivity index (χ2n) is 13.4. The summed E-state index contributed by atoms with van der Waals surface area (Å²) in [4.78, 5) is 80.1. The van der Waals surface area contributed by atoms with Crippen molar-refractivity contribution in [2.45, 2.75) is 78.9 Å². The predicted octanol–water partition coefficient (Wildman–Crippen LogP) is 4.34. The van der Waals surface area contributed by atoms with Crippen molar-refractivity contribution in [1.82, 2.24) is 20.4 Å². The zero-order valence-electron chi connectivity index (χ0n) is 36.5. The normalized spacial score (nSPS) is 10.8. The van der Waals surface area contributed by atoms with Crippen molar-refractivity contribution in [2.24, 2.45) is 11.5 Å². The number of hydrogen-bond acceptors (Lipinski definition) is 12. The highest BCUT2D eigenvalue weighted by molar-refractivity contribution is 5.86. The number of nitrogens with two attached hydrogens (primary N) is 2. The fraction of sp³-hybridized carbons (Fsp3) is 0.391. The lowest BCUT2D eigenvalue weighted by Gasteiger charge is -2.27. The van der Waals surface area contributed by atoms with Crippen molar-refractivity contribution >= 4 is 60.8 Å². The Kier molecular flexibility index (Phi) is 26.7. The lowest BCUT2D eigenvalue weighted by molar-refractivity contribution is -0.153. The first kappa shape index (κ1) is 55.7. The van der Waals surface area contributed by atoms with Crippen LogP contribution in [0, 0.1) is 23.7 Å². The zero-order chi connectivity index (χ0) is 45.3. The highest BCUT2D eigenvalue weighted by Crippen LogP contribution is 2.14. The van der Waals surface area contributed by atoms with E-state index in [2.05, 4.69) is 34.3 Å². The van der Waals surface area contributed by atoms with E-state index < -0.39 is 61.5 Å². The van der Waals surface area contributed by atoms with E-state index in [1.54, 1.807) is 52.0 Å². The van der Waals surface area contributed by atoms with E-state index in [4.69, 9.17) is 30.4 Å². The van der Waals surface area contributed by atoms with Gasteiger partial charge in [0.05, 0.1) is 13.2 Å². The van der Waals surface area contributed by atoms with E-state index in [1.165, 1.54) is 0 Å². The molecule has 0 heterocycles. The number of halogens is 2. The summed E-state index contributed by atoms with van der Waals surface area (Å²) in [5.41, 5.74) is 15.9. The van der Waals surface area contributed by atoms with Gasteiger partial charge in [0.1, 0.15) is 13.1 Å². The lowest BCUT2D eigenvalue weighted by atomic mass is 10.1. The van der Waals surface area contributed by atoms with Crippen LogP contribution in [0.25, 0.3) is 0 Å². The molecule has 64 heavy (non-hydrogen) atoms. The number of ether oxygens (including phenoxy) is 4. The van der Waals surface area contributed by atoms with Gasteiger partial charge in [0.25, 0.3) is 0 Å². The van der Waals surface area contributed by atoms with Crippen LogP contribution in [0.5, 0.6) is 0 Å². The minimum absolute atomic E-state index is 0. The van der Waals surface area contributed by atoms with Crippen LogP contribution in [0.3, 0.4) is 0 Å². The van der Waals surface area contributed by atoms with Gasteiger partial charge in [-0.2, -0.15) is 0 Å². The third-order valence-electron chi connectivity index (χ3n) is 8.83. The van der Waals surface area contributed by atoms with Crippen LogP contribution in [0.15, 0.2) is 72.8 Å². The first-order chi connectivity index (χ1) is 29.9. The molecule has 0 fully saturated rings. The molecule has 0 bridgehead atoms. The van der Waals surface area contributed by atoms with Crippen LogP contribution < -0.4 is 22.1 Å². The number of nitrogens with one attached hydrogen (secondary N) is 2. The van der Waals surface area contributed by atoms with Crippen molar-refractivity contribution in [3.05, 3.63) is 106 Å². The molecule has 0 aliphatic rings. The Labute approximate surface area is 387 Å². The number of carbonyl (C=O) groups excluding carboxylic acids is 6. The summed E-state index contributed by atoms with van der Waals surface area (Å²) in [6.07, 6.45) is -4.03. The number of hydrogen-bond donors (Lipinski definition) is 4. The lowest BCUT2D eigenvalue weighted by Crippen LogP contribution is -2.47. The molecule has 0 aromatic heterocycles. The third kappa shape index (κ3) is 19.8. The summed E-state index contributed by atoms with van der Waals surface area (Å²) in [5.74, 6) is 9.00. The van der Waals surface area contributed by atoms with Gasteiger partial charge < -0.3 is 41.0 Å². The number of benzene rings is 3. The quantitative estimate of drug-likeness (QED) is 0.0538. The fourth-order valence-electron chi connectivity index (χ4n) is 5.61. The molecule has 6 N–H and O–H groups in total. The average molecular weight is 926 g/mol. The van der Waals surface area contributed by atoms with Gasteiger partial charge >= 0.3 is 24.1 Å². The SMILES string of the molecule is CCNC(=O)OC(C#Cc1ccc(C#CC(OC(=O)NCC)N(CC(=O)OCC)C(=O)CCc2ccc(CN)cc2)cc1)N(CC(=O)OCC)C(=O)CCc1ccc(CN)cc1.Cl.Cl. The van der Waals surface area contributed by atoms with E-state index in [9.17, 15) is 28.8 Å². The maximum Gasteiger partial charge on any atom is 0.409 e. The van der Waals surface area contributed by atoms with Gasteiger partial charge in [-0.05, 0) is 98.9 Å². The van der Waals surface area contributed by atoms with Gasteiger partial charge in [0.2, 0.25) is 24.3 Å². The van der Waals surface area contributed by atoms with Gasteiger partial charge in [-0.3, -0.25) is 29.0 Å². The number of esters is 2. The Morgan fingerprint density at radius 1 is 0.547 bits per heavy atom. The number of alkyl carbamates (subject to hydrolysis) is 2. The summed E-state index contributed by atoms with van der Waals surface area (Å²) in [7, 11) is 0. The molecule has 0 spiro atoms. The Hall–Kier alpha value is -6.30. The van der Waals surface area contributed by atoms with Crippen LogP contribution in [0.2, 0.25) is 0 Å². The van der Waals surface area contributed by atoms with E-state index in [1.807, 2.05) is 48.5 Å². The second-order valence-corrected chi connectivity index (χ2v) is 13.4. The summed E-state index contributed by atoms with van der Waals surface area (Å²) in [6, 6.07) is 21.4. The smallest absolute Gasteiger partial charge is 0.409 e. The molecule has 3 aromatic carbocycles.